The second kappa shape index (κ2) is 4.46. The zero-order valence-electron chi connectivity index (χ0n) is 9.57. The Morgan fingerprint density at radius 2 is 2.00 bits per heavy atom. The highest BCUT2D eigenvalue weighted by Crippen LogP contribution is 2.53. The normalized spacial score (nSPS) is 33.0. The summed E-state index contributed by atoms with van der Waals surface area (Å²) in [5.74, 6) is 1.93. The first kappa shape index (κ1) is 11.8. The van der Waals surface area contributed by atoms with Crippen LogP contribution in [0.3, 0.4) is 0 Å². The summed E-state index contributed by atoms with van der Waals surface area (Å²) in [5, 5.41) is 11.7. The van der Waals surface area contributed by atoms with Crippen LogP contribution in [-0.2, 0) is 0 Å². The van der Waals surface area contributed by atoms with Crippen LogP contribution in [0.2, 0.25) is 10.0 Å². The van der Waals surface area contributed by atoms with E-state index in [2.05, 4.69) is 0 Å². The van der Waals surface area contributed by atoms with Gasteiger partial charge in [0.05, 0.1) is 6.10 Å². The molecule has 3 heteroatoms. The van der Waals surface area contributed by atoms with Gasteiger partial charge in [0.15, 0.2) is 0 Å². The van der Waals surface area contributed by atoms with Crippen molar-refractivity contribution in [1.29, 1.82) is 0 Å². The van der Waals surface area contributed by atoms with Crippen LogP contribution in [0.5, 0.6) is 0 Å². The van der Waals surface area contributed by atoms with E-state index in [9.17, 15) is 5.11 Å². The number of benzene rings is 1. The number of fused-ring (bicyclic) bond motifs is 2. The molecule has 4 unspecified atom stereocenters. The average Bonchev–Trinajstić information content (AvgIpc) is 2.89. The van der Waals surface area contributed by atoms with E-state index in [-0.39, 0.29) is 0 Å². The monoisotopic (exact) mass is 270 g/mol. The Morgan fingerprint density at radius 3 is 2.59 bits per heavy atom. The smallest absolute Gasteiger partial charge is 0.0835 e. The van der Waals surface area contributed by atoms with Crippen LogP contribution in [0.15, 0.2) is 18.2 Å². The number of hydrogen-bond acceptors (Lipinski definition) is 1. The second-order valence-electron chi connectivity index (χ2n) is 5.45. The maximum atomic E-state index is 10.5. The van der Waals surface area contributed by atoms with Crippen LogP contribution in [-0.4, -0.2) is 5.11 Å². The molecule has 3 rings (SSSR count). The van der Waals surface area contributed by atoms with E-state index in [1.165, 1.54) is 19.3 Å². The average molecular weight is 271 g/mol. The van der Waals surface area contributed by atoms with Crippen molar-refractivity contribution in [2.45, 2.75) is 31.8 Å². The van der Waals surface area contributed by atoms with Crippen molar-refractivity contribution in [2.24, 2.45) is 17.8 Å². The number of aliphatic hydroxyl groups is 1. The lowest BCUT2D eigenvalue weighted by Gasteiger charge is -2.27. The summed E-state index contributed by atoms with van der Waals surface area (Å²) >= 11 is 12.0. The molecule has 1 nitrogen and oxygen atoms in total. The molecule has 0 spiro atoms. The van der Waals surface area contributed by atoms with Crippen LogP contribution in [0.1, 0.15) is 37.4 Å². The lowest BCUT2D eigenvalue weighted by molar-refractivity contribution is 0.0746. The van der Waals surface area contributed by atoms with Crippen molar-refractivity contribution < 1.29 is 5.11 Å². The molecule has 0 heterocycles. The topological polar surface area (TPSA) is 20.2 Å². The van der Waals surface area contributed by atoms with Gasteiger partial charge in [0, 0.05) is 10.0 Å². The van der Waals surface area contributed by atoms with Crippen LogP contribution in [0, 0.1) is 17.8 Å². The first-order chi connectivity index (χ1) is 8.15. The van der Waals surface area contributed by atoms with Crippen molar-refractivity contribution in [3.63, 3.8) is 0 Å². The Bertz CT molecular complexity index is 432. The molecule has 1 aromatic rings. The fourth-order valence-electron chi connectivity index (χ4n) is 3.65. The molecule has 4 atom stereocenters. The molecule has 2 fully saturated rings. The van der Waals surface area contributed by atoms with E-state index in [1.807, 2.05) is 6.07 Å². The Hall–Kier alpha value is -0.240. The summed E-state index contributed by atoms with van der Waals surface area (Å²) in [5.41, 5.74) is 0.841. The van der Waals surface area contributed by atoms with Crippen molar-refractivity contribution in [2.75, 3.05) is 0 Å². The fraction of sp³-hybridized carbons (Fsp3) is 0.571. The molecule has 1 aromatic carbocycles. The van der Waals surface area contributed by atoms with Crippen molar-refractivity contribution in [3.05, 3.63) is 33.8 Å². The molecule has 17 heavy (non-hydrogen) atoms. The van der Waals surface area contributed by atoms with Gasteiger partial charge >= 0.3 is 0 Å². The summed E-state index contributed by atoms with van der Waals surface area (Å²) in [6.07, 6.45) is 4.66. The van der Waals surface area contributed by atoms with E-state index in [4.69, 9.17) is 23.2 Å². The molecule has 2 aliphatic carbocycles. The third-order valence-electron chi connectivity index (χ3n) is 4.48. The maximum Gasteiger partial charge on any atom is 0.0835 e. The summed E-state index contributed by atoms with van der Waals surface area (Å²) in [7, 11) is 0. The third-order valence-corrected chi connectivity index (χ3v) is 5.04. The summed E-state index contributed by atoms with van der Waals surface area (Å²) in [4.78, 5) is 0. The number of halogens is 2. The molecule has 0 aromatic heterocycles. The van der Waals surface area contributed by atoms with Gasteiger partial charge in [-0.2, -0.15) is 0 Å². The maximum absolute atomic E-state index is 10.5. The van der Waals surface area contributed by atoms with Crippen molar-refractivity contribution in [3.8, 4) is 0 Å². The molecule has 2 bridgehead atoms. The zero-order chi connectivity index (χ0) is 12.0. The zero-order valence-corrected chi connectivity index (χ0v) is 11.1. The molecule has 2 saturated carbocycles. The van der Waals surface area contributed by atoms with Gasteiger partial charge < -0.3 is 5.11 Å². The highest BCUT2D eigenvalue weighted by Gasteiger charge is 2.43. The van der Waals surface area contributed by atoms with Gasteiger partial charge in [-0.15, -0.1) is 0 Å². The van der Waals surface area contributed by atoms with Crippen LogP contribution in [0.25, 0.3) is 0 Å². The molecular formula is C14H16Cl2O. The number of rotatable bonds is 2. The van der Waals surface area contributed by atoms with Gasteiger partial charge in [-0.3, -0.25) is 0 Å². The molecule has 1 N–H and O–H groups in total. The van der Waals surface area contributed by atoms with E-state index >= 15 is 0 Å². The first-order valence-corrected chi connectivity index (χ1v) is 7.03. The minimum Gasteiger partial charge on any atom is -0.388 e. The van der Waals surface area contributed by atoms with Gasteiger partial charge in [-0.05, 0) is 54.7 Å². The molecular weight excluding hydrogens is 255 g/mol. The highest BCUT2D eigenvalue weighted by molar-refractivity contribution is 6.35. The number of hydrogen-bond donors (Lipinski definition) is 1. The molecule has 0 radical (unpaired) electrons. The first-order valence-electron chi connectivity index (χ1n) is 6.28. The minimum absolute atomic E-state index is 0.396. The van der Waals surface area contributed by atoms with Crippen molar-refractivity contribution in [1.82, 2.24) is 0 Å². The van der Waals surface area contributed by atoms with E-state index in [0.717, 1.165) is 17.9 Å². The Morgan fingerprint density at radius 1 is 1.18 bits per heavy atom. The Labute approximate surface area is 112 Å². The predicted molar refractivity (Wildman–Crippen MR) is 70.4 cm³/mol. The summed E-state index contributed by atoms with van der Waals surface area (Å²) in [6.45, 7) is 0. The van der Waals surface area contributed by atoms with Gasteiger partial charge in [0.1, 0.15) is 0 Å². The third kappa shape index (κ3) is 2.09. The van der Waals surface area contributed by atoms with E-state index < -0.39 is 6.10 Å². The number of aliphatic hydroxyl groups excluding tert-OH is 1. The fourth-order valence-corrected chi connectivity index (χ4v) is 4.17. The van der Waals surface area contributed by atoms with Gasteiger partial charge in [0.25, 0.3) is 0 Å². The Kier molecular flexibility index (Phi) is 3.10. The minimum atomic E-state index is -0.421. The van der Waals surface area contributed by atoms with Gasteiger partial charge in [-0.1, -0.05) is 35.7 Å². The largest absolute Gasteiger partial charge is 0.388 e. The molecule has 2 aliphatic rings. The molecule has 0 saturated heterocycles. The summed E-state index contributed by atoms with van der Waals surface area (Å²) in [6, 6.07) is 5.38. The van der Waals surface area contributed by atoms with Crippen LogP contribution in [0.4, 0.5) is 0 Å². The standard InChI is InChI=1S/C14H16Cl2O/c15-10-3-4-11(13(16)7-10)14(17)12-6-8-1-2-9(12)5-8/h3-4,7-9,12,14,17H,1-2,5-6H2. The lowest BCUT2D eigenvalue weighted by Crippen LogP contribution is -2.19. The lowest BCUT2D eigenvalue weighted by atomic mass is 9.82. The van der Waals surface area contributed by atoms with Crippen LogP contribution >= 0.6 is 23.2 Å². The van der Waals surface area contributed by atoms with E-state index in [0.29, 0.717) is 21.9 Å². The quantitative estimate of drug-likeness (QED) is 0.841. The second-order valence-corrected chi connectivity index (χ2v) is 6.29. The van der Waals surface area contributed by atoms with E-state index in [1.54, 1.807) is 12.1 Å². The highest BCUT2D eigenvalue weighted by atomic mass is 35.5. The van der Waals surface area contributed by atoms with Gasteiger partial charge in [0.2, 0.25) is 0 Å². The van der Waals surface area contributed by atoms with Crippen molar-refractivity contribution >= 4 is 23.2 Å². The van der Waals surface area contributed by atoms with Gasteiger partial charge in [-0.25, -0.2) is 0 Å². The summed E-state index contributed by atoms with van der Waals surface area (Å²) < 4.78 is 0. The predicted octanol–water partition coefficient (Wildman–Crippen LogP) is 4.46. The molecule has 0 aliphatic heterocycles. The van der Waals surface area contributed by atoms with Crippen LogP contribution < -0.4 is 0 Å². The SMILES string of the molecule is OC(c1ccc(Cl)cc1Cl)C1CC2CCC1C2. The molecule has 0 amide bonds. The Balaban J connectivity index is 1.84. The molecule has 92 valence electrons.